The summed E-state index contributed by atoms with van der Waals surface area (Å²) in [4.78, 5) is 31.4. The predicted molar refractivity (Wildman–Crippen MR) is 97.0 cm³/mol. The molecule has 0 radical (unpaired) electrons. The third-order valence-electron chi connectivity index (χ3n) is 3.81. The minimum Gasteiger partial charge on any atom is -0.455 e. The van der Waals surface area contributed by atoms with Crippen LogP contribution in [-0.4, -0.2) is 21.1 Å². The topological polar surface area (TPSA) is 117 Å². The second-order valence-corrected chi connectivity index (χ2v) is 5.58. The van der Waals surface area contributed by atoms with Crippen molar-refractivity contribution < 1.29 is 9.34 Å². The Balaban J connectivity index is 1.59. The average Bonchev–Trinajstić information content (AvgIpc) is 3.25. The number of nitrogens with one attached hydrogen (secondary N) is 2. The number of aromatic amines is 2. The molecule has 0 saturated heterocycles. The average molecular weight is 348 g/mol. The van der Waals surface area contributed by atoms with Gasteiger partial charge in [-0.15, -0.1) is 0 Å². The van der Waals surface area contributed by atoms with Gasteiger partial charge in [-0.25, -0.2) is 4.79 Å². The standard InChI is InChI=1S/C18H12N4O4/c23-18-20-15-6-4-12(9-16(15)21-18)19-10-14-5-7-17(26-14)11-2-1-3-13(8-11)22(24)25/h1-10H,(H2,20,21,23). The second-order valence-electron chi connectivity index (χ2n) is 5.58. The summed E-state index contributed by atoms with van der Waals surface area (Å²) in [5, 5.41) is 10.9. The largest absolute Gasteiger partial charge is 0.455 e. The number of hydrogen-bond acceptors (Lipinski definition) is 5. The van der Waals surface area contributed by atoms with Crippen LogP contribution in [0.3, 0.4) is 0 Å². The van der Waals surface area contributed by atoms with Gasteiger partial charge in [0, 0.05) is 17.7 Å². The summed E-state index contributed by atoms with van der Waals surface area (Å²) in [5.41, 5.74) is 2.38. The molecule has 2 N–H and O–H groups in total. The van der Waals surface area contributed by atoms with Crippen LogP contribution in [0.5, 0.6) is 0 Å². The van der Waals surface area contributed by atoms with E-state index < -0.39 is 4.92 Å². The van der Waals surface area contributed by atoms with E-state index in [9.17, 15) is 14.9 Å². The molecule has 2 aromatic carbocycles. The highest BCUT2D eigenvalue weighted by Crippen LogP contribution is 2.25. The van der Waals surface area contributed by atoms with Crippen LogP contribution in [0.2, 0.25) is 0 Å². The molecule has 2 aromatic heterocycles. The third-order valence-corrected chi connectivity index (χ3v) is 3.81. The lowest BCUT2D eigenvalue weighted by molar-refractivity contribution is -0.384. The van der Waals surface area contributed by atoms with Crippen LogP contribution in [0.1, 0.15) is 5.76 Å². The fourth-order valence-corrected chi connectivity index (χ4v) is 2.59. The first-order chi connectivity index (χ1) is 12.6. The first-order valence-corrected chi connectivity index (χ1v) is 7.69. The number of non-ortho nitro benzene ring substituents is 1. The summed E-state index contributed by atoms with van der Waals surface area (Å²) in [7, 11) is 0. The van der Waals surface area contributed by atoms with Gasteiger partial charge in [-0.2, -0.15) is 0 Å². The molecule has 0 fully saturated rings. The summed E-state index contributed by atoms with van der Waals surface area (Å²) in [6.45, 7) is 0. The molecule has 0 atom stereocenters. The lowest BCUT2D eigenvalue weighted by atomic mass is 10.1. The number of nitrogens with zero attached hydrogens (tertiary/aromatic N) is 2. The molecule has 4 rings (SSSR count). The van der Waals surface area contributed by atoms with E-state index in [4.69, 9.17) is 4.42 Å². The summed E-state index contributed by atoms with van der Waals surface area (Å²) >= 11 is 0. The van der Waals surface area contributed by atoms with Gasteiger partial charge in [0.05, 0.1) is 27.9 Å². The molecule has 128 valence electrons. The van der Waals surface area contributed by atoms with Crippen LogP contribution in [0.4, 0.5) is 11.4 Å². The Morgan fingerprint density at radius 2 is 1.88 bits per heavy atom. The number of aromatic nitrogens is 2. The van der Waals surface area contributed by atoms with Gasteiger partial charge >= 0.3 is 5.69 Å². The highest BCUT2D eigenvalue weighted by atomic mass is 16.6. The Kier molecular flexibility index (Phi) is 3.70. The maximum Gasteiger partial charge on any atom is 0.323 e. The molecule has 4 aromatic rings. The number of rotatable bonds is 4. The fourth-order valence-electron chi connectivity index (χ4n) is 2.59. The zero-order chi connectivity index (χ0) is 18.1. The van der Waals surface area contributed by atoms with Crippen LogP contribution < -0.4 is 5.69 Å². The van der Waals surface area contributed by atoms with Crippen molar-refractivity contribution in [2.75, 3.05) is 0 Å². The molecule has 0 spiro atoms. The van der Waals surface area contributed by atoms with E-state index >= 15 is 0 Å². The van der Waals surface area contributed by atoms with Crippen molar-refractivity contribution in [3.8, 4) is 11.3 Å². The molecule has 26 heavy (non-hydrogen) atoms. The van der Waals surface area contributed by atoms with E-state index in [0.717, 1.165) is 0 Å². The lowest BCUT2D eigenvalue weighted by Gasteiger charge is -1.97. The van der Waals surface area contributed by atoms with Gasteiger partial charge in [-0.3, -0.25) is 15.1 Å². The Morgan fingerprint density at radius 1 is 1.04 bits per heavy atom. The number of benzene rings is 2. The molecule has 0 amide bonds. The van der Waals surface area contributed by atoms with Crippen molar-refractivity contribution in [2.24, 2.45) is 4.99 Å². The quantitative estimate of drug-likeness (QED) is 0.331. The molecular formula is C18H12N4O4. The van der Waals surface area contributed by atoms with E-state index in [1.807, 2.05) is 0 Å². The number of hydrogen-bond donors (Lipinski definition) is 2. The van der Waals surface area contributed by atoms with E-state index in [1.165, 1.54) is 12.1 Å². The third kappa shape index (κ3) is 3.03. The monoisotopic (exact) mass is 348 g/mol. The van der Waals surface area contributed by atoms with E-state index in [0.29, 0.717) is 33.8 Å². The van der Waals surface area contributed by atoms with E-state index in [1.54, 1.807) is 48.7 Å². The van der Waals surface area contributed by atoms with Gasteiger partial charge in [-0.05, 0) is 30.3 Å². The first-order valence-electron chi connectivity index (χ1n) is 7.69. The van der Waals surface area contributed by atoms with Crippen LogP contribution in [0.15, 0.2) is 68.8 Å². The predicted octanol–water partition coefficient (Wildman–Crippen LogP) is 3.78. The molecule has 0 aliphatic rings. The Morgan fingerprint density at radius 3 is 2.73 bits per heavy atom. The maximum absolute atomic E-state index is 11.3. The number of aliphatic imine (C=N–C) groups is 1. The van der Waals surface area contributed by atoms with Crippen molar-refractivity contribution in [2.45, 2.75) is 0 Å². The smallest absolute Gasteiger partial charge is 0.323 e. The number of furan rings is 1. The van der Waals surface area contributed by atoms with Gasteiger partial charge in [0.1, 0.15) is 11.5 Å². The summed E-state index contributed by atoms with van der Waals surface area (Å²) in [6, 6.07) is 15.0. The van der Waals surface area contributed by atoms with Gasteiger partial charge in [0.2, 0.25) is 0 Å². The van der Waals surface area contributed by atoms with Gasteiger partial charge < -0.3 is 14.4 Å². The summed E-state index contributed by atoms with van der Waals surface area (Å²) < 4.78 is 5.68. The van der Waals surface area contributed by atoms with Crippen LogP contribution in [0, 0.1) is 10.1 Å². The number of H-pyrrole nitrogens is 2. The zero-order valence-corrected chi connectivity index (χ0v) is 13.3. The number of imidazole rings is 1. The SMILES string of the molecule is O=c1[nH]c2ccc(N=Cc3ccc(-c4cccc([N+](=O)[O-])c4)o3)cc2[nH]1. The van der Waals surface area contributed by atoms with Gasteiger partial charge in [0.25, 0.3) is 5.69 Å². The number of nitro benzene ring substituents is 1. The zero-order valence-electron chi connectivity index (χ0n) is 13.3. The van der Waals surface area contributed by atoms with Gasteiger partial charge in [0.15, 0.2) is 0 Å². The number of nitro groups is 1. The van der Waals surface area contributed by atoms with Gasteiger partial charge in [-0.1, -0.05) is 12.1 Å². The van der Waals surface area contributed by atoms with Crippen molar-refractivity contribution in [1.82, 2.24) is 9.97 Å². The normalized spacial score (nSPS) is 11.4. The Labute approximate surface area is 146 Å². The highest BCUT2D eigenvalue weighted by Gasteiger charge is 2.09. The van der Waals surface area contributed by atoms with Crippen LogP contribution >= 0.6 is 0 Å². The maximum atomic E-state index is 11.3. The summed E-state index contributed by atoms with van der Waals surface area (Å²) in [6.07, 6.45) is 1.55. The first kappa shape index (κ1) is 15.6. The number of fused-ring (bicyclic) bond motifs is 1. The molecule has 0 unspecified atom stereocenters. The summed E-state index contributed by atoms with van der Waals surface area (Å²) in [5.74, 6) is 1.02. The molecule has 0 aliphatic heterocycles. The fraction of sp³-hybridized carbons (Fsp3) is 0. The molecule has 8 nitrogen and oxygen atoms in total. The van der Waals surface area contributed by atoms with Crippen LogP contribution in [-0.2, 0) is 0 Å². The molecule has 0 saturated carbocycles. The lowest BCUT2D eigenvalue weighted by Crippen LogP contribution is -1.99. The van der Waals surface area contributed by atoms with Crippen molar-refractivity contribution >= 4 is 28.6 Å². The molecular weight excluding hydrogens is 336 g/mol. The van der Waals surface area contributed by atoms with E-state index in [-0.39, 0.29) is 11.4 Å². The Bertz CT molecular complexity index is 1200. The van der Waals surface area contributed by atoms with Crippen LogP contribution in [0.25, 0.3) is 22.4 Å². The van der Waals surface area contributed by atoms with E-state index in [2.05, 4.69) is 15.0 Å². The van der Waals surface area contributed by atoms with Crippen molar-refractivity contribution in [3.05, 3.63) is 81.0 Å². The minimum absolute atomic E-state index is 0.00270. The molecule has 8 heteroatoms. The highest BCUT2D eigenvalue weighted by molar-refractivity contribution is 5.83. The molecule has 2 heterocycles. The second kappa shape index (κ2) is 6.17. The Hall–Kier alpha value is -3.94. The van der Waals surface area contributed by atoms with Crippen molar-refractivity contribution in [1.29, 1.82) is 0 Å². The van der Waals surface area contributed by atoms with Crippen molar-refractivity contribution in [3.63, 3.8) is 0 Å². The minimum atomic E-state index is -0.448. The molecule has 0 bridgehead atoms. The molecule has 0 aliphatic carbocycles.